The number of ether oxygens (including phenoxy) is 1. The molecular weight excluding hydrogens is 202 g/mol. The maximum absolute atomic E-state index is 5.87. The highest BCUT2D eigenvalue weighted by molar-refractivity contribution is 5.64. The summed E-state index contributed by atoms with van der Waals surface area (Å²) in [6.45, 7) is 7.64. The van der Waals surface area contributed by atoms with Crippen LogP contribution in [0.5, 0.6) is 0 Å². The number of nitrogens with one attached hydrogen (secondary N) is 1. The molecule has 0 bridgehead atoms. The van der Waals surface area contributed by atoms with Gasteiger partial charge in [-0.25, -0.2) is 4.98 Å². The van der Waals surface area contributed by atoms with E-state index >= 15 is 0 Å². The lowest BCUT2D eigenvalue weighted by atomic mass is 10.2. The number of nitrogens with two attached hydrogens (primary N) is 1. The van der Waals surface area contributed by atoms with Crippen molar-refractivity contribution in [3.8, 4) is 0 Å². The lowest BCUT2D eigenvalue weighted by molar-refractivity contribution is 0.149. The number of hydrogen-bond donors (Lipinski definition) is 2. The molecule has 0 unspecified atom stereocenters. The van der Waals surface area contributed by atoms with Crippen LogP contribution in [0.1, 0.15) is 12.0 Å². The Morgan fingerprint density at radius 1 is 1.56 bits per heavy atom. The molecule has 1 aromatic rings. The molecule has 0 aliphatic carbocycles. The van der Waals surface area contributed by atoms with Crippen LogP contribution in [0.3, 0.4) is 0 Å². The Labute approximate surface area is 96.5 Å². The summed E-state index contributed by atoms with van der Waals surface area (Å²) >= 11 is 0. The van der Waals surface area contributed by atoms with E-state index in [0.717, 1.165) is 17.8 Å². The van der Waals surface area contributed by atoms with Gasteiger partial charge >= 0.3 is 0 Å². The summed E-state index contributed by atoms with van der Waals surface area (Å²) < 4.78 is 5.36. The van der Waals surface area contributed by atoms with Gasteiger partial charge in [0.2, 0.25) is 0 Å². The van der Waals surface area contributed by atoms with E-state index in [2.05, 4.69) is 16.9 Å². The van der Waals surface area contributed by atoms with Crippen molar-refractivity contribution in [1.82, 2.24) is 4.98 Å². The summed E-state index contributed by atoms with van der Waals surface area (Å²) in [6, 6.07) is 1.89. The van der Waals surface area contributed by atoms with Crippen LogP contribution in [0.15, 0.2) is 24.9 Å². The molecule has 3 N–H and O–H groups in total. The molecule has 1 heterocycles. The molecule has 4 heteroatoms. The van der Waals surface area contributed by atoms with Gasteiger partial charge in [0.25, 0.3) is 0 Å². The monoisotopic (exact) mass is 221 g/mol. The van der Waals surface area contributed by atoms with Crippen molar-refractivity contribution >= 4 is 11.5 Å². The Morgan fingerprint density at radius 3 is 3.12 bits per heavy atom. The van der Waals surface area contributed by atoms with E-state index in [1.165, 1.54) is 0 Å². The summed E-state index contributed by atoms with van der Waals surface area (Å²) in [7, 11) is 0. The van der Waals surface area contributed by atoms with Gasteiger partial charge in [-0.1, -0.05) is 6.08 Å². The first-order chi connectivity index (χ1) is 7.75. The molecule has 0 spiro atoms. The molecule has 0 aromatic carbocycles. The standard InChI is InChI=1S/C12H19N3O/c1-3-4-8-16-9-7-15-12-11(13)10(2)5-6-14-12/h3,5-6H,1,4,7-9,13H2,2H3,(H,14,15). The quantitative estimate of drug-likeness (QED) is 0.546. The van der Waals surface area contributed by atoms with Crippen LogP contribution < -0.4 is 11.1 Å². The van der Waals surface area contributed by atoms with Crippen LogP contribution in [0.4, 0.5) is 11.5 Å². The highest BCUT2D eigenvalue weighted by atomic mass is 16.5. The van der Waals surface area contributed by atoms with E-state index in [1.807, 2.05) is 19.1 Å². The minimum Gasteiger partial charge on any atom is -0.396 e. The zero-order valence-corrected chi connectivity index (χ0v) is 9.70. The minimum atomic E-state index is 0.642. The average molecular weight is 221 g/mol. The van der Waals surface area contributed by atoms with Crippen LogP contribution in [0.2, 0.25) is 0 Å². The molecule has 0 fully saturated rings. The van der Waals surface area contributed by atoms with Gasteiger partial charge in [0.05, 0.1) is 18.9 Å². The largest absolute Gasteiger partial charge is 0.396 e. The molecule has 0 amide bonds. The summed E-state index contributed by atoms with van der Waals surface area (Å²) in [5.41, 5.74) is 7.60. The van der Waals surface area contributed by atoms with E-state index in [9.17, 15) is 0 Å². The zero-order valence-electron chi connectivity index (χ0n) is 9.70. The van der Waals surface area contributed by atoms with Crippen LogP contribution in [-0.4, -0.2) is 24.7 Å². The topological polar surface area (TPSA) is 60.2 Å². The predicted octanol–water partition coefficient (Wildman–Crippen LogP) is 1.98. The van der Waals surface area contributed by atoms with Gasteiger partial charge in [-0.3, -0.25) is 0 Å². The highest BCUT2D eigenvalue weighted by Gasteiger charge is 2.01. The van der Waals surface area contributed by atoms with Crippen LogP contribution in [0.25, 0.3) is 0 Å². The van der Waals surface area contributed by atoms with E-state index in [0.29, 0.717) is 25.4 Å². The molecule has 0 radical (unpaired) electrons. The first-order valence-corrected chi connectivity index (χ1v) is 5.39. The van der Waals surface area contributed by atoms with Gasteiger partial charge in [-0.15, -0.1) is 6.58 Å². The molecule has 1 rings (SSSR count). The summed E-state index contributed by atoms with van der Waals surface area (Å²) in [5.74, 6) is 0.729. The van der Waals surface area contributed by atoms with E-state index in [4.69, 9.17) is 10.5 Å². The second-order valence-corrected chi connectivity index (χ2v) is 3.51. The Morgan fingerprint density at radius 2 is 2.38 bits per heavy atom. The first kappa shape index (κ1) is 12.5. The van der Waals surface area contributed by atoms with Gasteiger partial charge in [0.1, 0.15) is 5.82 Å². The third-order valence-electron chi connectivity index (χ3n) is 2.21. The molecule has 0 aliphatic heterocycles. The summed E-state index contributed by atoms with van der Waals surface area (Å²) in [6.07, 6.45) is 4.46. The van der Waals surface area contributed by atoms with Crippen molar-refractivity contribution in [3.05, 3.63) is 30.5 Å². The van der Waals surface area contributed by atoms with E-state index in [-0.39, 0.29) is 0 Å². The number of pyridine rings is 1. The van der Waals surface area contributed by atoms with Crippen molar-refractivity contribution in [1.29, 1.82) is 0 Å². The number of nitrogens with zero attached hydrogens (tertiary/aromatic N) is 1. The first-order valence-electron chi connectivity index (χ1n) is 5.39. The molecule has 0 aliphatic rings. The average Bonchev–Trinajstić information content (AvgIpc) is 2.29. The maximum atomic E-state index is 5.87. The third kappa shape index (κ3) is 3.90. The fraction of sp³-hybridized carbons (Fsp3) is 0.417. The van der Waals surface area contributed by atoms with E-state index < -0.39 is 0 Å². The summed E-state index contributed by atoms with van der Waals surface area (Å²) in [4.78, 5) is 4.17. The fourth-order valence-electron chi connectivity index (χ4n) is 1.22. The number of hydrogen-bond acceptors (Lipinski definition) is 4. The van der Waals surface area contributed by atoms with Crippen molar-refractivity contribution in [2.45, 2.75) is 13.3 Å². The van der Waals surface area contributed by atoms with Gasteiger partial charge in [0.15, 0.2) is 0 Å². The Kier molecular flexibility index (Phi) is 5.36. The number of nitrogen functional groups attached to an aromatic ring is 1. The molecule has 0 saturated carbocycles. The van der Waals surface area contributed by atoms with Gasteiger partial charge < -0.3 is 15.8 Å². The Bertz CT molecular complexity index is 339. The lowest BCUT2D eigenvalue weighted by Crippen LogP contribution is -2.12. The maximum Gasteiger partial charge on any atom is 0.149 e. The highest BCUT2D eigenvalue weighted by Crippen LogP contribution is 2.17. The molecular formula is C12H19N3O. The Hall–Kier alpha value is -1.55. The van der Waals surface area contributed by atoms with Crippen LogP contribution in [-0.2, 0) is 4.74 Å². The fourth-order valence-corrected chi connectivity index (χ4v) is 1.22. The number of anilines is 2. The number of aryl methyl sites for hydroxylation is 1. The van der Waals surface area contributed by atoms with E-state index in [1.54, 1.807) is 6.20 Å². The van der Waals surface area contributed by atoms with Gasteiger partial charge in [-0.2, -0.15) is 0 Å². The van der Waals surface area contributed by atoms with Crippen LogP contribution in [0, 0.1) is 6.92 Å². The Balaban J connectivity index is 2.26. The van der Waals surface area contributed by atoms with Crippen molar-refractivity contribution in [2.75, 3.05) is 30.8 Å². The molecule has 16 heavy (non-hydrogen) atoms. The van der Waals surface area contributed by atoms with Crippen molar-refractivity contribution in [2.24, 2.45) is 0 Å². The SMILES string of the molecule is C=CCCOCCNc1nccc(C)c1N. The minimum absolute atomic E-state index is 0.642. The summed E-state index contributed by atoms with van der Waals surface area (Å²) in [5, 5.41) is 3.14. The van der Waals surface area contributed by atoms with Gasteiger partial charge in [0, 0.05) is 12.7 Å². The van der Waals surface area contributed by atoms with Crippen LogP contribution >= 0.6 is 0 Å². The lowest BCUT2D eigenvalue weighted by Gasteiger charge is -2.09. The normalized spacial score (nSPS) is 10.1. The second-order valence-electron chi connectivity index (χ2n) is 3.51. The molecule has 0 saturated heterocycles. The van der Waals surface area contributed by atoms with Crippen molar-refractivity contribution < 1.29 is 4.74 Å². The third-order valence-corrected chi connectivity index (χ3v) is 2.21. The molecule has 4 nitrogen and oxygen atoms in total. The number of rotatable bonds is 7. The second kappa shape index (κ2) is 6.85. The predicted molar refractivity (Wildman–Crippen MR) is 67.5 cm³/mol. The van der Waals surface area contributed by atoms with Crippen molar-refractivity contribution in [3.63, 3.8) is 0 Å². The molecule has 88 valence electrons. The smallest absolute Gasteiger partial charge is 0.149 e. The van der Waals surface area contributed by atoms with Gasteiger partial charge in [-0.05, 0) is 25.0 Å². The zero-order chi connectivity index (χ0) is 11.8. The number of aromatic nitrogens is 1. The molecule has 1 aromatic heterocycles. The molecule has 0 atom stereocenters.